The molecule has 1 aliphatic carbocycles. The highest BCUT2D eigenvalue weighted by Crippen LogP contribution is 2.53. The van der Waals surface area contributed by atoms with Crippen LogP contribution in [0.5, 0.6) is 0 Å². The van der Waals surface area contributed by atoms with Crippen LogP contribution in [0.2, 0.25) is 0 Å². The molecule has 156 valence electrons. The number of carbonyl (C=O) groups excluding carboxylic acids is 1. The summed E-state index contributed by atoms with van der Waals surface area (Å²) in [6.07, 6.45) is 14.2. The van der Waals surface area contributed by atoms with Crippen molar-refractivity contribution in [2.24, 2.45) is 5.41 Å². The van der Waals surface area contributed by atoms with Crippen molar-refractivity contribution in [2.45, 2.75) is 109 Å². The summed E-state index contributed by atoms with van der Waals surface area (Å²) in [7, 11) is 0. The maximum absolute atomic E-state index is 12.7. The predicted molar refractivity (Wildman–Crippen MR) is 116 cm³/mol. The molecule has 1 saturated heterocycles. The van der Waals surface area contributed by atoms with E-state index in [9.17, 15) is 9.90 Å². The van der Waals surface area contributed by atoms with Crippen LogP contribution in [-0.2, 0) is 4.79 Å². The van der Waals surface area contributed by atoms with E-state index in [1.54, 1.807) is 0 Å². The van der Waals surface area contributed by atoms with Gasteiger partial charge < -0.3 is 10.0 Å². The van der Waals surface area contributed by atoms with Gasteiger partial charge in [-0.2, -0.15) is 0 Å². The van der Waals surface area contributed by atoms with Crippen LogP contribution in [-0.4, -0.2) is 17.1 Å². The number of amides is 1. The van der Waals surface area contributed by atoms with Gasteiger partial charge in [0.05, 0.1) is 6.10 Å². The standard InChI is InChI=1S/C25H39NO2/c1-3-5-6-7-10-21-11-8-12-23(27)26(21)22-15-13-20(14-16-22)24(28)25(17-4-2)18-9-19-25/h13-16,21,24,28H,3-12,17-19H2,1-2H3. The number of anilines is 1. The first kappa shape index (κ1) is 21.4. The van der Waals surface area contributed by atoms with Crippen molar-refractivity contribution in [3.05, 3.63) is 29.8 Å². The van der Waals surface area contributed by atoms with E-state index in [1.807, 2.05) is 0 Å². The lowest BCUT2D eigenvalue weighted by molar-refractivity contribution is -0.120. The average molecular weight is 386 g/mol. The number of nitrogens with zero attached hydrogens (tertiary/aromatic N) is 1. The van der Waals surface area contributed by atoms with E-state index in [0.29, 0.717) is 12.5 Å². The minimum absolute atomic E-state index is 0.0824. The third kappa shape index (κ3) is 4.62. The molecule has 2 fully saturated rings. The average Bonchev–Trinajstić information content (AvgIpc) is 2.68. The Morgan fingerprint density at radius 1 is 1.07 bits per heavy atom. The van der Waals surface area contributed by atoms with Gasteiger partial charge in [0.2, 0.25) is 5.91 Å². The van der Waals surface area contributed by atoms with Gasteiger partial charge in [0.25, 0.3) is 0 Å². The molecule has 28 heavy (non-hydrogen) atoms. The maximum Gasteiger partial charge on any atom is 0.227 e. The molecular weight excluding hydrogens is 346 g/mol. The fourth-order valence-corrected chi connectivity index (χ4v) is 5.34. The number of hydrogen-bond acceptors (Lipinski definition) is 2. The molecule has 1 N–H and O–H groups in total. The molecule has 0 radical (unpaired) electrons. The van der Waals surface area contributed by atoms with Crippen LogP contribution in [0.25, 0.3) is 0 Å². The first-order chi connectivity index (χ1) is 13.6. The van der Waals surface area contributed by atoms with Gasteiger partial charge >= 0.3 is 0 Å². The fraction of sp³-hybridized carbons (Fsp3) is 0.720. The number of carbonyl (C=O) groups is 1. The molecule has 1 aliphatic heterocycles. The fourth-order valence-electron chi connectivity index (χ4n) is 5.34. The molecule has 2 atom stereocenters. The number of rotatable bonds is 10. The van der Waals surface area contributed by atoms with Crippen molar-refractivity contribution in [2.75, 3.05) is 4.90 Å². The number of hydrogen-bond donors (Lipinski definition) is 1. The number of benzene rings is 1. The molecule has 0 spiro atoms. The van der Waals surface area contributed by atoms with Gasteiger partial charge in [-0.15, -0.1) is 0 Å². The lowest BCUT2D eigenvalue weighted by Crippen LogP contribution is -2.43. The minimum atomic E-state index is -0.378. The second kappa shape index (κ2) is 9.91. The largest absolute Gasteiger partial charge is 0.388 e. The quantitative estimate of drug-likeness (QED) is 0.464. The van der Waals surface area contributed by atoms with Crippen LogP contribution in [0.1, 0.15) is 109 Å². The van der Waals surface area contributed by atoms with E-state index in [1.165, 1.54) is 32.1 Å². The van der Waals surface area contributed by atoms with Crippen LogP contribution < -0.4 is 4.90 Å². The van der Waals surface area contributed by atoms with E-state index in [4.69, 9.17) is 0 Å². The van der Waals surface area contributed by atoms with Crippen LogP contribution in [0.3, 0.4) is 0 Å². The van der Waals surface area contributed by atoms with Crippen molar-refractivity contribution < 1.29 is 9.90 Å². The van der Waals surface area contributed by atoms with Gasteiger partial charge in [0.1, 0.15) is 0 Å². The summed E-state index contributed by atoms with van der Waals surface area (Å²) in [5.41, 5.74) is 2.11. The van der Waals surface area contributed by atoms with Crippen molar-refractivity contribution in [1.82, 2.24) is 0 Å². The summed E-state index contributed by atoms with van der Waals surface area (Å²) in [6, 6.07) is 8.60. The zero-order chi connectivity index (χ0) is 20.0. The van der Waals surface area contributed by atoms with Gasteiger partial charge in [-0.1, -0.05) is 64.5 Å². The van der Waals surface area contributed by atoms with E-state index in [0.717, 1.165) is 56.2 Å². The molecule has 2 unspecified atom stereocenters. The number of unbranched alkanes of at least 4 members (excludes halogenated alkanes) is 3. The van der Waals surface area contributed by atoms with Gasteiger partial charge in [0.15, 0.2) is 0 Å². The molecule has 3 nitrogen and oxygen atoms in total. The first-order valence-electron chi connectivity index (χ1n) is 11.7. The summed E-state index contributed by atoms with van der Waals surface area (Å²) in [5.74, 6) is 0.265. The van der Waals surface area contributed by atoms with E-state index in [-0.39, 0.29) is 17.4 Å². The highest BCUT2D eigenvalue weighted by atomic mass is 16.3. The summed E-state index contributed by atoms with van der Waals surface area (Å²) >= 11 is 0. The molecule has 0 aromatic heterocycles. The topological polar surface area (TPSA) is 40.5 Å². The lowest BCUT2D eigenvalue weighted by atomic mass is 9.61. The maximum atomic E-state index is 12.7. The lowest BCUT2D eigenvalue weighted by Gasteiger charge is -2.46. The summed E-state index contributed by atoms with van der Waals surface area (Å²) in [5, 5.41) is 11.0. The van der Waals surface area contributed by atoms with Crippen LogP contribution in [0, 0.1) is 5.41 Å². The Labute approximate surface area is 171 Å². The van der Waals surface area contributed by atoms with Crippen molar-refractivity contribution >= 4 is 11.6 Å². The third-order valence-corrected chi connectivity index (χ3v) is 7.12. The van der Waals surface area contributed by atoms with Gasteiger partial charge in [0, 0.05) is 23.6 Å². The Morgan fingerprint density at radius 3 is 2.43 bits per heavy atom. The predicted octanol–water partition coefficient (Wildman–Crippen LogP) is 6.55. The Hall–Kier alpha value is -1.35. The van der Waals surface area contributed by atoms with Crippen molar-refractivity contribution in [3.8, 4) is 0 Å². The molecule has 1 saturated carbocycles. The van der Waals surface area contributed by atoms with Gasteiger partial charge in [-0.05, 0) is 56.2 Å². The highest BCUT2D eigenvalue weighted by Gasteiger charge is 2.43. The SMILES string of the molecule is CCCCCCC1CCCC(=O)N1c1ccc(C(O)C2(CCC)CCC2)cc1. The van der Waals surface area contributed by atoms with Gasteiger partial charge in [-0.25, -0.2) is 0 Å². The minimum Gasteiger partial charge on any atom is -0.388 e. The van der Waals surface area contributed by atoms with Crippen LogP contribution in [0.15, 0.2) is 24.3 Å². The molecule has 2 aliphatic rings. The first-order valence-corrected chi connectivity index (χ1v) is 11.7. The van der Waals surface area contributed by atoms with Crippen LogP contribution >= 0.6 is 0 Å². The molecule has 1 aromatic rings. The molecular formula is C25H39NO2. The normalized spacial score (nSPS) is 22.8. The Kier molecular flexibility index (Phi) is 7.56. The summed E-state index contributed by atoms with van der Waals surface area (Å²) < 4.78 is 0. The summed E-state index contributed by atoms with van der Waals surface area (Å²) in [6.45, 7) is 4.44. The Morgan fingerprint density at radius 2 is 1.82 bits per heavy atom. The molecule has 1 heterocycles. The second-order valence-electron chi connectivity index (χ2n) is 9.12. The number of piperidine rings is 1. The molecule has 3 heteroatoms. The third-order valence-electron chi connectivity index (χ3n) is 7.12. The van der Waals surface area contributed by atoms with Crippen LogP contribution in [0.4, 0.5) is 5.69 Å². The number of aliphatic hydroxyl groups excluding tert-OH is 1. The Bertz CT molecular complexity index is 620. The zero-order valence-electron chi connectivity index (χ0n) is 18.0. The monoisotopic (exact) mass is 385 g/mol. The smallest absolute Gasteiger partial charge is 0.227 e. The van der Waals surface area contributed by atoms with E-state index >= 15 is 0 Å². The van der Waals surface area contributed by atoms with Crippen molar-refractivity contribution in [3.63, 3.8) is 0 Å². The van der Waals surface area contributed by atoms with Crippen molar-refractivity contribution in [1.29, 1.82) is 0 Å². The van der Waals surface area contributed by atoms with Gasteiger partial charge in [-0.3, -0.25) is 4.79 Å². The molecule has 0 bridgehead atoms. The molecule has 1 aromatic carbocycles. The number of aliphatic hydroxyl groups is 1. The molecule has 1 amide bonds. The Balaban J connectivity index is 1.70. The summed E-state index contributed by atoms with van der Waals surface area (Å²) in [4.78, 5) is 14.7. The highest BCUT2D eigenvalue weighted by molar-refractivity contribution is 5.94. The van der Waals surface area contributed by atoms with E-state index < -0.39 is 0 Å². The molecule has 3 rings (SSSR count). The van der Waals surface area contributed by atoms with E-state index in [2.05, 4.69) is 43.0 Å². The zero-order valence-corrected chi connectivity index (χ0v) is 18.0. The second-order valence-corrected chi connectivity index (χ2v) is 9.12.